The molecule has 1 amide bonds. The highest BCUT2D eigenvalue weighted by molar-refractivity contribution is 7.89. The van der Waals surface area contributed by atoms with Crippen molar-refractivity contribution in [3.05, 3.63) is 30.3 Å². The molecule has 0 bridgehead atoms. The van der Waals surface area contributed by atoms with Crippen molar-refractivity contribution in [2.45, 2.75) is 63.3 Å². The first-order chi connectivity index (χ1) is 13.7. The van der Waals surface area contributed by atoms with E-state index in [4.69, 9.17) is 0 Å². The number of Topliss-reactive ketones (excluding diaryl/α,β-unsaturated/α-hetero) is 2. The molecule has 2 unspecified atom stereocenters. The summed E-state index contributed by atoms with van der Waals surface area (Å²) in [4.78, 5) is 37.5. The Bertz CT molecular complexity index is 821. The van der Waals surface area contributed by atoms with Crippen LogP contribution in [0.3, 0.4) is 0 Å². The summed E-state index contributed by atoms with van der Waals surface area (Å²) in [6, 6.07) is 6.93. The van der Waals surface area contributed by atoms with Gasteiger partial charge in [0.05, 0.1) is 10.9 Å². The molecule has 0 aromatic heterocycles. The first kappa shape index (κ1) is 23.2. The standard InChI is InChI=1S/C21H30N2O5S/c1-15(2)13-18(23-29(27,28)17-10-6-3-7-11-17)19(24)14-16-9-5-4-8-12-22-21(26)20(16)25/h3,6-7,10-11,15-16,18,23H,4-5,8-9,12-14H2,1-2H3,(H,22,26). The molecule has 7 nitrogen and oxygen atoms in total. The molecule has 2 atom stereocenters. The molecular weight excluding hydrogens is 392 g/mol. The normalized spacial score (nSPS) is 19.8. The average molecular weight is 423 g/mol. The Labute approximate surface area is 172 Å². The lowest BCUT2D eigenvalue weighted by molar-refractivity contribution is -0.141. The summed E-state index contributed by atoms with van der Waals surface area (Å²) in [6.45, 7) is 4.25. The maximum absolute atomic E-state index is 13.0. The van der Waals surface area contributed by atoms with E-state index in [0.717, 1.165) is 19.3 Å². The van der Waals surface area contributed by atoms with Crippen LogP contribution < -0.4 is 10.0 Å². The van der Waals surface area contributed by atoms with Crippen molar-refractivity contribution >= 4 is 27.5 Å². The second-order valence-corrected chi connectivity index (χ2v) is 9.67. The zero-order valence-electron chi connectivity index (χ0n) is 17.0. The number of hydrogen-bond acceptors (Lipinski definition) is 5. The van der Waals surface area contributed by atoms with Crippen molar-refractivity contribution in [3.8, 4) is 0 Å². The van der Waals surface area contributed by atoms with Gasteiger partial charge in [-0.25, -0.2) is 13.1 Å². The molecule has 1 aromatic rings. The van der Waals surface area contributed by atoms with Crippen LogP contribution in [0, 0.1) is 11.8 Å². The Morgan fingerprint density at radius 3 is 2.48 bits per heavy atom. The van der Waals surface area contributed by atoms with E-state index in [1.807, 2.05) is 13.8 Å². The molecule has 2 N–H and O–H groups in total. The summed E-state index contributed by atoms with van der Waals surface area (Å²) in [6.07, 6.45) is 3.06. The molecule has 1 aliphatic rings. The third kappa shape index (κ3) is 7.04. The number of benzene rings is 1. The smallest absolute Gasteiger partial charge is 0.287 e. The lowest BCUT2D eigenvalue weighted by Crippen LogP contribution is -2.43. The number of amides is 1. The minimum atomic E-state index is -3.87. The minimum absolute atomic E-state index is 0.0713. The molecule has 2 rings (SSSR count). The number of carbonyl (C=O) groups excluding carboxylic acids is 3. The van der Waals surface area contributed by atoms with Gasteiger partial charge in [-0.2, -0.15) is 0 Å². The topological polar surface area (TPSA) is 109 Å². The van der Waals surface area contributed by atoms with E-state index in [9.17, 15) is 22.8 Å². The summed E-state index contributed by atoms with van der Waals surface area (Å²) in [5, 5.41) is 2.59. The zero-order chi connectivity index (χ0) is 21.4. The minimum Gasteiger partial charge on any atom is -0.349 e. The monoisotopic (exact) mass is 422 g/mol. The van der Waals surface area contributed by atoms with Gasteiger partial charge >= 0.3 is 0 Å². The van der Waals surface area contributed by atoms with Crippen molar-refractivity contribution in [2.24, 2.45) is 11.8 Å². The molecule has 0 saturated carbocycles. The number of hydrogen-bond donors (Lipinski definition) is 2. The number of nitrogens with one attached hydrogen (secondary N) is 2. The van der Waals surface area contributed by atoms with Crippen LogP contribution in [-0.4, -0.2) is 38.5 Å². The molecule has 1 heterocycles. The molecule has 8 heteroatoms. The van der Waals surface area contributed by atoms with Crippen molar-refractivity contribution in [1.29, 1.82) is 0 Å². The molecule has 0 aliphatic carbocycles. The first-order valence-electron chi connectivity index (χ1n) is 10.1. The van der Waals surface area contributed by atoms with E-state index in [0.29, 0.717) is 19.4 Å². The summed E-state index contributed by atoms with van der Waals surface area (Å²) in [5.74, 6) is -2.24. The lowest BCUT2D eigenvalue weighted by Gasteiger charge is -2.22. The molecule has 1 aliphatic heterocycles. The Morgan fingerprint density at radius 1 is 1.14 bits per heavy atom. The van der Waals surface area contributed by atoms with E-state index < -0.39 is 33.7 Å². The predicted octanol–water partition coefficient (Wildman–Crippen LogP) is 2.21. The first-order valence-corrected chi connectivity index (χ1v) is 11.6. The molecule has 160 valence electrons. The fourth-order valence-corrected chi connectivity index (χ4v) is 4.70. The number of carbonyl (C=O) groups is 3. The van der Waals surface area contributed by atoms with Gasteiger partial charge in [-0.3, -0.25) is 14.4 Å². The van der Waals surface area contributed by atoms with E-state index >= 15 is 0 Å². The van der Waals surface area contributed by atoms with Gasteiger partial charge < -0.3 is 5.32 Å². The van der Waals surface area contributed by atoms with Gasteiger partial charge in [-0.15, -0.1) is 0 Å². The Morgan fingerprint density at radius 2 is 1.83 bits per heavy atom. The fourth-order valence-electron chi connectivity index (χ4n) is 3.45. The van der Waals surface area contributed by atoms with Gasteiger partial charge in [0.15, 0.2) is 5.78 Å². The van der Waals surface area contributed by atoms with Gasteiger partial charge in [0, 0.05) is 18.9 Å². The van der Waals surface area contributed by atoms with Crippen LogP contribution >= 0.6 is 0 Å². The molecular formula is C21H30N2O5S. The maximum Gasteiger partial charge on any atom is 0.287 e. The number of sulfonamides is 1. The van der Waals surface area contributed by atoms with E-state index in [-0.39, 0.29) is 23.0 Å². The summed E-state index contributed by atoms with van der Waals surface area (Å²) in [5.41, 5.74) is 0. The SMILES string of the molecule is CC(C)CC(NS(=O)(=O)c1ccccc1)C(=O)CC1CCCCCNC(=O)C1=O. The van der Waals surface area contributed by atoms with Gasteiger partial charge in [-0.1, -0.05) is 44.9 Å². The van der Waals surface area contributed by atoms with Crippen molar-refractivity contribution in [3.63, 3.8) is 0 Å². The van der Waals surface area contributed by atoms with Gasteiger partial charge in [0.25, 0.3) is 5.91 Å². The Hall–Kier alpha value is -2.06. The summed E-state index contributed by atoms with van der Waals surface area (Å²) >= 11 is 0. The fraction of sp³-hybridized carbons (Fsp3) is 0.571. The van der Waals surface area contributed by atoms with Crippen LogP contribution in [-0.2, 0) is 24.4 Å². The highest BCUT2D eigenvalue weighted by Gasteiger charge is 2.32. The highest BCUT2D eigenvalue weighted by atomic mass is 32.2. The highest BCUT2D eigenvalue weighted by Crippen LogP contribution is 2.21. The maximum atomic E-state index is 13.0. The van der Waals surface area contributed by atoms with E-state index in [1.54, 1.807) is 18.2 Å². The predicted molar refractivity (Wildman–Crippen MR) is 110 cm³/mol. The molecule has 1 aromatic carbocycles. The average Bonchev–Trinajstić information content (AvgIpc) is 2.74. The van der Waals surface area contributed by atoms with Crippen LogP contribution in [0.15, 0.2) is 35.2 Å². The summed E-state index contributed by atoms with van der Waals surface area (Å²) in [7, 11) is -3.87. The Kier molecular flexibility index (Phi) is 8.52. The molecule has 29 heavy (non-hydrogen) atoms. The van der Waals surface area contributed by atoms with E-state index in [1.165, 1.54) is 12.1 Å². The number of rotatable bonds is 8. The van der Waals surface area contributed by atoms with Crippen LogP contribution in [0.4, 0.5) is 0 Å². The molecule has 0 radical (unpaired) electrons. The second-order valence-electron chi connectivity index (χ2n) is 7.95. The van der Waals surface area contributed by atoms with Crippen LogP contribution in [0.1, 0.15) is 52.4 Å². The van der Waals surface area contributed by atoms with Crippen molar-refractivity contribution < 1.29 is 22.8 Å². The van der Waals surface area contributed by atoms with Gasteiger partial charge in [0.2, 0.25) is 15.8 Å². The van der Waals surface area contributed by atoms with Gasteiger partial charge in [-0.05, 0) is 37.3 Å². The quantitative estimate of drug-likeness (QED) is 0.624. The third-order valence-corrected chi connectivity index (χ3v) is 6.49. The molecule has 0 spiro atoms. The Balaban J connectivity index is 2.17. The second kappa shape index (κ2) is 10.6. The number of ketones is 2. The van der Waals surface area contributed by atoms with Gasteiger partial charge in [0.1, 0.15) is 0 Å². The van der Waals surface area contributed by atoms with Crippen LogP contribution in [0.5, 0.6) is 0 Å². The zero-order valence-corrected chi connectivity index (χ0v) is 17.8. The van der Waals surface area contributed by atoms with Crippen LogP contribution in [0.2, 0.25) is 0 Å². The van der Waals surface area contributed by atoms with E-state index in [2.05, 4.69) is 10.0 Å². The van der Waals surface area contributed by atoms with Crippen molar-refractivity contribution in [2.75, 3.05) is 6.54 Å². The third-order valence-electron chi connectivity index (χ3n) is 5.00. The van der Waals surface area contributed by atoms with Crippen molar-refractivity contribution in [1.82, 2.24) is 10.0 Å². The van der Waals surface area contributed by atoms with Crippen LogP contribution in [0.25, 0.3) is 0 Å². The summed E-state index contributed by atoms with van der Waals surface area (Å²) < 4.78 is 27.9. The lowest BCUT2D eigenvalue weighted by atomic mass is 9.88. The largest absolute Gasteiger partial charge is 0.349 e. The molecule has 1 fully saturated rings. The molecule has 1 saturated heterocycles.